The molecule has 0 radical (unpaired) electrons. The van der Waals surface area contributed by atoms with Gasteiger partial charge >= 0.3 is 0 Å². The van der Waals surface area contributed by atoms with E-state index in [1.165, 1.54) is 0 Å². The number of hydrogen-bond donors (Lipinski definition) is 1. The van der Waals surface area contributed by atoms with Crippen LogP contribution in [0, 0.1) is 0 Å². The first-order chi connectivity index (χ1) is 6.75. The number of rotatable bonds is 2. The lowest BCUT2D eigenvalue weighted by Gasteiger charge is -2.14. The van der Waals surface area contributed by atoms with Crippen LogP contribution in [0.15, 0.2) is 18.2 Å². The molecular weight excluding hydrogens is 200 g/mol. The predicted molar refractivity (Wildman–Crippen MR) is 56.8 cm³/mol. The molecule has 1 aliphatic rings. The molecule has 0 unspecified atom stereocenters. The molecule has 4 heteroatoms. The fourth-order valence-electron chi connectivity index (χ4n) is 1.51. The molecule has 0 aliphatic carbocycles. The highest BCUT2D eigenvalue weighted by Gasteiger charge is 2.13. The lowest BCUT2D eigenvalue weighted by molar-refractivity contribution is -0.117. The van der Waals surface area contributed by atoms with Crippen molar-refractivity contribution < 1.29 is 4.84 Å². The standard InChI is InChI=1S/C10H13ClN2O/c11-10-6-9(12)3-2-8(10)7-13-4-1-5-14-13/h2-3,6H,1,4-5,7,12H2. The Bertz CT molecular complexity index is 324. The van der Waals surface area contributed by atoms with Crippen molar-refractivity contribution in [3.63, 3.8) is 0 Å². The Hall–Kier alpha value is -0.770. The average molecular weight is 213 g/mol. The average Bonchev–Trinajstić information content (AvgIpc) is 2.62. The molecule has 1 aromatic rings. The van der Waals surface area contributed by atoms with Crippen molar-refractivity contribution in [2.45, 2.75) is 13.0 Å². The van der Waals surface area contributed by atoms with Crippen LogP contribution in [0.25, 0.3) is 0 Å². The summed E-state index contributed by atoms with van der Waals surface area (Å²) >= 11 is 6.05. The minimum Gasteiger partial charge on any atom is -0.399 e. The maximum atomic E-state index is 6.05. The Morgan fingerprint density at radius 2 is 2.36 bits per heavy atom. The van der Waals surface area contributed by atoms with Gasteiger partial charge in [-0.05, 0) is 24.1 Å². The molecular formula is C10H13ClN2O. The van der Waals surface area contributed by atoms with E-state index >= 15 is 0 Å². The van der Waals surface area contributed by atoms with Crippen LogP contribution in [-0.4, -0.2) is 18.2 Å². The number of benzene rings is 1. The first-order valence-corrected chi connectivity index (χ1v) is 5.05. The second-order valence-corrected chi connectivity index (χ2v) is 3.81. The van der Waals surface area contributed by atoms with Gasteiger partial charge in [-0.2, -0.15) is 5.06 Å². The van der Waals surface area contributed by atoms with E-state index in [1.54, 1.807) is 6.07 Å². The Kier molecular flexibility index (Phi) is 2.91. The normalized spacial score (nSPS) is 17.5. The maximum absolute atomic E-state index is 6.05. The van der Waals surface area contributed by atoms with Crippen molar-refractivity contribution in [1.82, 2.24) is 5.06 Å². The minimum absolute atomic E-state index is 0.695. The van der Waals surface area contributed by atoms with E-state index in [2.05, 4.69) is 0 Å². The van der Waals surface area contributed by atoms with E-state index in [1.807, 2.05) is 17.2 Å². The molecule has 0 bridgehead atoms. The number of nitrogens with zero attached hydrogens (tertiary/aromatic N) is 1. The van der Waals surface area contributed by atoms with Gasteiger partial charge in [0, 0.05) is 17.3 Å². The molecule has 14 heavy (non-hydrogen) atoms. The third-order valence-corrected chi connectivity index (χ3v) is 2.60. The van der Waals surface area contributed by atoms with Crippen LogP contribution in [0.1, 0.15) is 12.0 Å². The van der Waals surface area contributed by atoms with Crippen LogP contribution >= 0.6 is 11.6 Å². The summed E-state index contributed by atoms with van der Waals surface area (Å²) < 4.78 is 0. The predicted octanol–water partition coefficient (Wildman–Crippen LogP) is 2.06. The Balaban J connectivity index is 2.08. The summed E-state index contributed by atoms with van der Waals surface area (Å²) in [6.07, 6.45) is 1.09. The molecule has 1 fully saturated rings. The van der Waals surface area contributed by atoms with E-state index in [4.69, 9.17) is 22.2 Å². The molecule has 1 heterocycles. The molecule has 1 aliphatic heterocycles. The zero-order chi connectivity index (χ0) is 9.97. The zero-order valence-electron chi connectivity index (χ0n) is 7.87. The van der Waals surface area contributed by atoms with Gasteiger partial charge in [0.25, 0.3) is 0 Å². The smallest absolute Gasteiger partial charge is 0.0698 e. The lowest BCUT2D eigenvalue weighted by atomic mass is 10.2. The van der Waals surface area contributed by atoms with Crippen molar-refractivity contribution in [3.05, 3.63) is 28.8 Å². The molecule has 2 N–H and O–H groups in total. The molecule has 3 nitrogen and oxygen atoms in total. The topological polar surface area (TPSA) is 38.5 Å². The second-order valence-electron chi connectivity index (χ2n) is 3.40. The van der Waals surface area contributed by atoms with Gasteiger partial charge < -0.3 is 5.73 Å². The van der Waals surface area contributed by atoms with Gasteiger partial charge in [0.15, 0.2) is 0 Å². The Labute approximate surface area is 88.4 Å². The quantitative estimate of drug-likeness (QED) is 0.763. The van der Waals surface area contributed by atoms with E-state index in [0.29, 0.717) is 10.7 Å². The van der Waals surface area contributed by atoms with Crippen molar-refractivity contribution in [3.8, 4) is 0 Å². The fourth-order valence-corrected chi connectivity index (χ4v) is 1.75. The third-order valence-electron chi connectivity index (χ3n) is 2.25. The number of halogens is 1. The molecule has 0 atom stereocenters. The first kappa shape index (κ1) is 9.77. The SMILES string of the molecule is Nc1ccc(CN2CCCO2)c(Cl)c1. The Morgan fingerprint density at radius 1 is 1.50 bits per heavy atom. The van der Waals surface area contributed by atoms with Crippen molar-refractivity contribution in [1.29, 1.82) is 0 Å². The highest BCUT2D eigenvalue weighted by atomic mass is 35.5. The summed E-state index contributed by atoms with van der Waals surface area (Å²) in [4.78, 5) is 5.39. The summed E-state index contributed by atoms with van der Waals surface area (Å²) in [5, 5.41) is 2.64. The zero-order valence-corrected chi connectivity index (χ0v) is 8.63. The van der Waals surface area contributed by atoms with Crippen LogP contribution in [0.2, 0.25) is 5.02 Å². The summed E-state index contributed by atoms with van der Waals surface area (Å²) in [5.41, 5.74) is 7.36. The van der Waals surface area contributed by atoms with Crippen LogP contribution in [-0.2, 0) is 11.4 Å². The maximum Gasteiger partial charge on any atom is 0.0698 e. The number of hydrogen-bond acceptors (Lipinski definition) is 3. The number of anilines is 1. The minimum atomic E-state index is 0.695. The molecule has 2 rings (SSSR count). The van der Waals surface area contributed by atoms with Gasteiger partial charge in [-0.15, -0.1) is 0 Å². The van der Waals surface area contributed by atoms with Gasteiger partial charge in [0.1, 0.15) is 0 Å². The van der Waals surface area contributed by atoms with Gasteiger partial charge in [0.2, 0.25) is 0 Å². The molecule has 0 spiro atoms. The summed E-state index contributed by atoms with van der Waals surface area (Å²) in [5.74, 6) is 0. The van der Waals surface area contributed by atoms with Gasteiger partial charge in [0.05, 0.1) is 13.2 Å². The fraction of sp³-hybridized carbons (Fsp3) is 0.400. The van der Waals surface area contributed by atoms with E-state index in [-0.39, 0.29) is 0 Å². The molecule has 0 saturated carbocycles. The van der Waals surface area contributed by atoms with Crippen molar-refractivity contribution >= 4 is 17.3 Å². The Morgan fingerprint density at radius 3 is 3.00 bits per heavy atom. The second kappa shape index (κ2) is 4.17. The van der Waals surface area contributed by atoms with Crippen molar-refractivity contribution in [2.75, 3.05) is 18.9 Å². The highest BCUT2D eigenvalue weighted by Crippen LogP contribution is 2.21. The van der Waals surface area contributed by atoms with Crippen molar-refractivity contribution in [2.24, 2.45) is 0 Å². The molecule has 76 valence electrons. The lowest BCUT2D eigenvalue weighted by Crippen LogP contribution is -2.17. The highest BCUT2D eigenvalue weighted by molar-refractivity contribution is 6.31. The third kappa shape index (κ3) is 2.18. The monoisotopic (exact) mass is 212 g/mol. The van der Waals surface area contributed by atoms with Crippen LogP contribution in [0.3, 0.4) is 0 Å². The van der Waals surface area contributed by atoms with Crippen LogP contribution in [0.4, 0.5) is 5.69 Å². The number of nitrogens with two attached hydrogens (primary N) is 1. The number of nitrogen functional groups attached to an aromatic ring is 1. The molecule has 0 amide bonds. The largest absolute Gasteiger partial charge is 0.399 e. The van der Waals surface area contributed by atoms with Gasteiger partial charge in [-0.1, -0.05) is 17.7 Å². The van der Waals surface area contributed by atoms with Gasteiger partial charge in [-0.3, -0.25) is 4.84 Å². The molecule has 0 aromatic heterocycles. The van der Waals surface area contributed by atoms with E-state index in [9.17, 15) is 0 Å². The van der Waals surface area contributed by atoms with E-state index in [0.717, 1.165) is 31.7 Å². The first-order valence-electron chi connectivity index (χ1n) is 4.67. The summed E-state index contributed by atoms with van der Waals surface area (Å²) in [6, 6.07) is 5.57. The molecule has 1 aromatic carbocycles. The van der Waals surface area contributed by atoms with Crippen LogP contribution in [0.5, 0.6) is 0 Å². The van der Waals surface area contributed by atoms with Gasteiger partial charge in [-0.25, -0.2) is 0 Å². The number of hydroxylamine groups is 2. The summed E-state index contributed by atoms with van der Waals surface area (Å²) in [6.45, 7) is 2.52. The summed E-state index contributed by atoms with van der Waals surface area (Å²) in [7, 11) is 0. The van der Waals surface area contributed by atoms with Crippen LogP contribution < -0.4 is 5.73 Å². The van der Waals surface area contributed by atoms with E-state index < -0.39 is 0 Å². The molecule has 1 saturated heterocycles.